The molecule has 3 aromatic rings. The van der Waals surface area contributed by atoms with Gasteiger partial charge in [-0.05, 0) is 22.9 Å². The molecule has 1 heterocycles. The van der Waals surface area contributed by atoms with Crippen LogP contribution in [0.5, 0.6) is 0 Å². The van der Waals surface area contributed by atoms with Gasteiger partial charge in [-0.25, -0.2) is 0 Å². The Morgan fingerprint density at radius 2 is 1.94 bits per heavy atom. The van der Waals surface area contributed by atoms with Crippen LogP contribution in [0.25, 0.3) is 10.8 Å². The van der Waals surface area contributed by atoms with E-state index in [4.69, 9.17) is 0 Å². The molecule has 4 nitrogen and oxygen atoms in total. The molecular weight excluding hydrogens is 224 g/mol. The number of nitrogens with one attached hydrogen (secondary N) is 1. The molecule has 0 bridgehead atoms. The van der Waals surface area contributed by atoms with Crippen LogP contribution in [-0.4, -0.2) is 21.5 Å². The van der Waals surface area contributed by atoms with Crippen molar-refractivity contribution in [3.05, 3.63) is 54.9 Å². The lowest BCUT2D eigenvalue weighted by atomic mass is 10.1. The third kappa shape index (κ3) is 2.32. The summed E-state index contributed by atoms with van der Waals surface area (Å²) in [6, 6.07) is 14.8. The predicted octanol–water partition coefficient (Wildman–Crippen LogP) is 2.54. The number of nitrogens with zero attached hydrogens (tertiary/aromatic N) is 3. The van der Waals surface area contributed by atoms with E-state index in [-0.39, 0.29) is 0 Å². The van der Waals surface area contributed by atoms with Crippen molar-refractivity contribution in [3.8, 4) is 0 Å². The van der Waals surface area contributed by atoms with Gasteiger partial charge in [-0.1, -0.05) is 35.5 Å². The average molecular weight is 238 g/mol. The monoisotopic (exact) mass is 238 g/mol. The fourth-order valence-corrected chi connectivity index (χ4v) is 1.97. The Balaban J connectivity index is 1.67. The highest BCUT2D eigenvalue weighted by Gasteiger charge is 1.96. The average Bonchev–Trinajstić information content (AvgIpc) is 2.92. The van der Waals surface area contributed by atoms with Gasteiger partial charge in [0.05, 0.1) is 12.7 Å². The highest BCUT2D eigenvalue weighted by molar-refractivity contribution is 5.85. The molecule has 0 aliphatic carbocycles. The van der Waals surface area contributed by atoms with E-state index in [1.54, 1.807) is 6.20 Å². The number of benzene rings is 2. The normalized spacial score (nSPS) is 10.7. The minimum atomic E-state index is 0.812. The Morgan fingerprint density at radius 3 is 2.78 bits per heavy atom. The van der Waals surface area contributed by atoms with E-state index in [0.29, 0.717) is 0 Å². The van der Waals surface area contributed by atoms with Crippen LogP contribution in [0.2, 0.25) is 0 Å². The van der Waals surface area contributed by atoms with Gasteiger partial charge in [0.25, 0.3) is 0 Å². The molecule has 0 aliphatic heterocycles. The Kier molecular flexibility index (Phi) is 2.92. The number of fused-ring (bicyclic) bond motifs is 1. The summed E-state index contributed by atoms with van der Waals surface area (Å²) in [5.41, 5.74) is 1.13. The van der Waals surface area contributed by atoms with Crippen LogP contribution in [0.15, 0.2) is 54.9 Å². The number of rotatable bonds is 4. The van der Waals surface area contributed by atoms with Crippen LogP contribution in [0.3, 0.4) is 0 Å². The molecule has 0 amide bonds. The Hall–Kier alpha value is -2.36. The minimum Gasteiger partial charge on any atom is -0.383 e. The van der Waals surface area contributed by atoms with Crippen LogP contribution in [-0.2, 0) is 6.54 Å². The molecule has 0 spiro atoms. The zero-order chi connectivity index (χ0) is 12.2. The summed E-state index contributed by atoms with van der Waals surface area (Å²) in [5, 5.41) is 13.6. The quantitative estimate of drug-likeness (QED) is 0.759. The van der Waals surface area contributed by atoms with Gasteiger partial charge in [-0.15, -0.1) is 5.10 Å². The van der Waals surface area contributed by atoms with E-state index < -0.39 is 0 Å². The first-order valence-electron chi connectivity index (χ1n) is 5.98. The first-order chi connectivity index (χ1) is 8.92. The molecule has 0 saturated carbocycles. The topological polar surface area (TPSA) is 42.7 Å². The van der Waals surface area contributed by atoms with Gasteiger partial charge in [-0.3, -0.25) is 4.68 Å². The molecule has 0 atom stereocenters. The molecule has 3 rings (SSSR count). The molecule has 1 aromatic heterocycles. The van der Waals surface area contributed by atoms with E-state index in [1.165, 1.54) is 10.8 Å². The smallest absolute Gasteiger partial charge is 0.0692 e. The third-order valence-electron chi connectivity index (χ3n) is 2.89. The van der Waals surface area contributed by atoms with Crippen molar-refractivity contribution in [1.82, 2.24) is 15.0 Å². The van der Waals surface area contributed by atoms with E-state index in [1.807, 2.05) is 10.9 Å². The van der Waals surface area contributed by atoms with Gasteiger partial charge in [0.2, 0.25) is 0 Å². The van der Waals surface area contributed by atoms with Crippen LogP contribution in [0, 0.1) is 0 Å². The van der Waals surface area contributed by atoms with Crippen molar-refractivity contribution in [3.63, 3.8) is 0 Å². The predicted molar refractivity (Wildman–Crippen MR) is 72.5 cm³/mol. The number of aromatic nitrogens is 3. The van der Waals surface area contributed by atoms with Crippen molar-refractivity contribution < 1.29 is 0 Å². The molecule has 0 saturated heterocycles. The highest BCUT2D eigenvalue weighted by atomic mass is 15.4. The van der Waals surface area contributed by atoms with Crippen LogP contribution in [0.4, 0.5) is 5.69 Å². The van der Waals surface area contributed by atoms with Gasteiger partial charge in [0.1, 0.15) is 0 Å². The van der Waals surface area contributed by atoms with E-state index in [9.17, 15) is 0 Å². The zero-order valence-electron chi connectivity index (χ0n) is 9.95. The second-order valence-corrected chi connectivity index (χ2v) is 4.15. The summed E-state index contributed by atoms with van der Waals surface area (Å²) in [6.45, 7) is 1.65. The lowest BCUT2D eigenvalue weighted by Gasteiger charge is -2.07. The maximum Gasteiger partial charge on any atom is 0.0692 e. The molecule has 0 unspecified atom stereocenters. The molecule has 0 fully saturated rings. The lowest BCUT2D eigenvalue weighted by Crippen LogP contribution is -2.10. The van der Waals surface area contributed by atoms with Gasteiger partial charge < -0.3 is 5.32 Å². The molecule has 0 radical (unpaired) electrons. The molecule has 90 valence electrons. The molecule has 1 N–H and O–H groups in total. The molecule has 18 heavy (non-hydrogen) atoms. The van der Waals surface area contributed by atoms with E-state index >= 15 is 0 Å². The van der Waals surface area contributed by atoms with Crippen molar-refractivity contribution >= 4 is 16.5 Å². The lowest BCUT2D eigenvalue weighted by molar-refractivity contribution is 0.609. The third-order valence-corrected chi connectivity index (χ3v) is 2.89. The fourth-order valence-electron chi connectivity index (χ4n) is 1.97. The summed E-state index contributed by atoms with van der Waals surface area (Å²) < 4.78 is 1.81. The van der Waals surface area contributed by atoms with Crippen molar-refractivity contribution in [2.24, 2.45) is 0 Å². The van der Waals surface area contributed by atoms with Crippen molar-refractivity contribution in [2.75, 3.05) is 11.9 Å². The van der Waals surface area contributed by atoms with Crippen molar-refractivity contribution in [2.45, 2.75) is 6.54 Å². The molecule has 2 aromatic carbocycles. The van der Waals surface area contributed by atoms with Crippen LogP contribution >= 0.6 is 0 Å². The summed E-state index contributed by atoms with van der Waals surface area (Å²) in [4.78, 5) is 0. The summed E-state index contributed by atoms with van der Waals surface area (Å²) in [6.07, 6.45) is 3.55. The largest absolute Gasteiger partial charge is 0.383 e. The second kappa shape index (κ2) is 4.87. The maximum absolute atomic E-state index is 3.92. The summed E-state index contributed by atoms with van der Waals surface area (Å²) in [5.74, 6) is 0. The van der Waals surface area contributed by atoms with Gasteiger partial charge >= 0.3 is 0 Å². The summed E-state index contributed by atoms with van der Waals surface area (Å²) in [7, 11) is 0. The van der Waals surface area contributed by atoms with Gasteiger partial charge in [-0.2, -0.15) is 0 Å². The molecular formula is C14H14N4. The first-order valence-corrected chi connectivity index (χ1v) is 5.98. The molecule has 4 heteroatoms. The zero-order valence-corrected chi connectivity index (χ0v) is 9.95. The van der Waals surface area contributed by atoms with Crippen LogP contribution in [0.1, 0.15) is 0 Å². The van der Waals surface area contributed by atoms with Crippen LogP contribution < -0.4 is 5.32 Å². The fraction of sp³-hybridized carbons (Fsp3) is 0.143. The maximum atomic E-state index is 3.92. The van der Waals surface area contributed by atoms with Gasteiger partial charge in [0, 0.05) is 18.4 Å². The van der Waals surface area contributed by atoms with Crippen molar-refractivity contribution in [1.29, 1.82) is 0 Å². The van der Waals surface area contributed by atoms with Gasteiger partial charge in [0.15, 0.2) is 0 Å². The Morgan fingerprint density at radius 1 is 1.06 bits per heavy atom. The second-order valence-electron chi connectivity index (χ2n) is 4.15. The minimum absolute atomic E-state index is 0.812. The van der Waals surface area contributed by atoms with E-state index in [0.717, 1.165) is 18.8 Å². The number of hydrogen-bond acceptors (Lipinski definition) is 3. The molecule has 0 aliphatic rings. The SMILES string of the molecule is c1ccc2cc(NCCn3ccnn3)ccc2c1. The van der Waals surface area contributed by atoms with E-state index in [2.05, 4.69) is 58.1 Å². The highest BCUT2D eigenvalue weighted by Crippen LogP contribution is 2.18. The standard InChI is InChI=1S/C14H14N4/c1-2-4-13-11-14(6-5-12(13)3-1)15-7-9-18-10-8-16-17-18/h1-6,8,10-11,15H,7,9H2. The Bertz CT molecular complexity index is 631. The number of anilines is 1. The first kappa shape index (κ1) is 10.8. The summed E-state index contributed by atoms with van der Waals surface area (Å²) >= 11 is 0. The number of hydrogen-bond donors (Lipinski definition) is 1. The Labute approximate surface area is 105 Å².